The molecule has 0 aliphatic carbocycles. The Hall–Kier alpha value is -1.50. The maximum atomic E-state index is 12.2. The van der Waals surface area contributed by atoms with E-state index in [0.717, 1.165) is 11.5 Å². The zero-order chi connectivity index (χ0) is 14.1. The van der Waals surface area contributed by atoms with Crippen LogP contribution >= 0.6 is 11.5 Å². The molecule has 0 saturated heterocycles. The van der Waals surface area contributed by atoms with Crippen LogP contribution in [0.15, 0.2) is 0 Å². The summed E-state index contributed by atoms with van der Waals surface area (Å²) in [5, 5.41) is 12.9. The smallest absolute Gasteiger partial charge is 0.326 e. The molecule has 0 aliphatic rings. The topological polar surface area (TPSA) is 83.4 Å². The number of carboxylic acids is 1. The van der Waals surface area contributed by atoms with Crippen LogP contribution in [0.25, 0.3) is 0 Å². The molecule has 1 aromatic heterocycles. The van der Waals surface area contributed by atoms with Gasteiger partial charge in [-0.05, 0) is 18.5 Å². The number of hydrogen-bond donors (Lipinski definition) is 1. The van der Waals surface area contributed by atoms with E-state index in [9.17, 15) is 9.59 Å². The molecule has 0 radical (unpaired) electrons. The molecule has 0 spiro atoms. The summed E-state index contributed by atoms with van der Waals surface area (Å²) >= 11 is 0.997. The SMILES string of the molecule is CC(C(=O)O)N(C)C(=O)c1snnc1C(C)(C)C. The summed E-state index contributed by atoms with van der Waals surface area (Å²) in [4.78, 5) is 24.7. The van der Waals surface area contributed by atoms with Crippen LogP contribution in [0.2, 0.25) is 0 Å². The Balaban J connectivity index is 3.06. The number of aliphatic carboxylic acids is 1. The predicted octanol–water partition coefficient (Wildman–Crippen LogP) is 1.38. The third-order valence-corrected chi connectivity index (χ3v) is 3.37. The first-order chi connectivity index (χ1) is 8.16. The minimum atomic E-state index is -1.04. The Morgan fingerprint density at radius 3 is 2.39 bits per heavy atom. The van der Waals surface area contributed by atoms with Crippen LogP contribution < -0.4 is 0 Å². The van der Waals surface area contributed by atoms with E-state index >= 15 is 0 Å². The molecule has 1 rings (SSSR count). The van der Waals surface area contributed by atoms with Crippen molar-refractivity contribution in [3.63, 3.8) is 0 Å². The fraction of sp³-hybridized carbons (Fsp3) is 0.636. The number of amides is 1. The van der Waals surface area contributed by atoms with E-state index in [0.29, 0.717) is 10.6 Å². The van der Waals surface area contributed by atoms with Crippen molar-refractivity contribution in [3.8, 4) is 0 Å². The second-order valence-electron chi connectivity index (χ2n) is 5.13. The first kappa shape index (κ1) is 14.6. The van der Waals surface area contributed by atoms with Crippen molar-refractivity contribution in [2.24, 2.45) is 0 Å². The van der Waals surface area contributed by atoms with E-state index in [1.54, 1.807) is 0 Å². The summed E-state index contributed by atoms with van der Waals surface area (Å²) in [7, 11) is 1.47. The molecule has 1 aromatic rings. The van der Waals surface area contributed by atoms with Crippen LogP contribution in [-0.4, -0.2) is 44.6 Å². The van der Waals surface area contributed by atoms with Crippen molar-refractivity contribution in [1.29, 1.82) is 0 Å². The number of carbonyl (C=O) groups is 2. The van der Waals surface area contributed by atoms with Gasteiger partial charge >= 0.3 is 5.97 Å². The maximum absolute atomic E-state index is 12.2. The Morgan fingerprint density at radius 1 is 1.39 bits per heavy atom. The number of carbonyl (C=O) groups excluding carboxylic acids is 1. The van der Waals surface area contributed by atoms with Crippen molar-refractivity contribution in [2.75, 3.05) is 7.05 Å². The van der Waals surface area contributed by atoms with Gasteiger partial charge in [0.05, 0.1) is 5.69 Å². The highest BCUT2D eigenvalue weighted by Crippen LogP contribution is 2.26. The van der Waals surface area contributed by atoms with Gasteiger partial charge in [-0.15, -0.1) is 5.10 Å². The molecule has 0 saturated carbocycles. The van der Waals surface area contributed by atoms with Crippen LogP contribution in [0.3, 0.4) is 0 Å². The highest BCUT2D eigenvalue weighted by atomic mass is 32.1. The molecule has 0 bridgehead atoms. The van der Waals surface area contributed by atoms with Gasteiger partial charge < -0.3 is 10.0 Å². The molecule has 7 heteroatoms. The molecule has 0 aromatic carbocycles. The van der Waals surface area contributed by atoms with Crippen molar-refractivity contribution >= 4 is 23.4 Å². The predicted molar refractivity (Wildman–Crippen MR) is 67.8 cm³/mol. The lowest BCUT2D eigenvalue weighted by atomic mass is 9.91. The molecule has 1 atom stereocenters. The first-order valence-corrected chi connectivity index (χ1v) is 6.26. The summed E-state index contributed by atoms with van der Waals surface area (Å²) in [5.74, 6) is -1.40. The Morgan fingerprint density at radius 2 is 1.94 bits per heavy atom. The average molecular weight is 271 g/mol. The summed E-state index contributed by atoms with van der Waals surface area (Å²) in [6.45, 7) is 7.26. The van der Waals surface area contributed by atoms with E-state index in [-0.39, 0.29) is 11.3 Å². The van der Waals surface area contributed by atoms with Gasteiger partial charge in [-0.2, -0.15) is 0 Å². The third kappa shape index (κ3) is 2.84. The maximum Gasteiger partial charge on any atom is 0.326 e. The lowest BCUT2D eigenvalue weighted by Gasteiger charge is -2.23. The molecule has 1 unspecified atom stereocenters. The fourth-order valence-corrected chi connectivity index (χ4v) is 2.18. The minimum absolute atomic E-state index is 0.300. The van der Waals surface area contributed by atoms with Crippen LogP contribution in [0.1, 0.15) is 43.1 Å². The highest BCUT2D eigenvalue weighted by Gasteiger charge is 2.30. The number of nitrogens with zero attached hydrogens (tertiary/aromatic N) is 3. The second kappa shape index (κ2) is 5.01. The van der Waals surface area contributed by atoms with Crippen molar-refractivity contribution in [3.05, 3.63) is 10.6 Å². The number of aromatic nitrogens is 2. The summed E-state index contributed by atoms with van der Waals surface area (Å²) in [5.41, 5.74) is 0.299. The molecule has 0 aliphatic heterocycles. The molecule has 18 heavy (non-hydrogen) atoms. The van der Waals surface area contributed by atoms with Crippen LogP contribution in [-0.2, 0) is 10.2 Å². The Bertz CT molecular complexity index is 464. The first-order valence-electron chi connectivity index (χ1n) is 5.49. The van der Waals surface area contributed by atoms with Crippen LogP contribution in [0.4, 0.5) is 0 Å². The molecule has 1 heterocycles. The zero-order valence-corrected chi connectivity index (χ0v) is 11.9. The van der Waals surface area contributed by atoms with E-state index in [2.05, 4.69) is 9.59 Å². The molecule has 1 amide bonds. The van der Waals surface area contributed by atoms with Gasteiger partial charge in [-0.3, -0.25) is 4.79 Å². The number of carboxylic acid groups (broad SMARTS) is 1. The van der Waals surface area contributed by atoms with Crippen molar-refractivity contribution < 1.29 is 14.7 Å². The summed E-state index contributed by atoms with van der Waals surface area (Å²) < 4.78 is 3.79. The monoisotopic (exact) mass is 271 g/mol. The molecule has 100 valence electrons. The Kier molecular flexibility index (Phi) is 4.05. The molecular weight excluding hydrogens is 254 g/mol. The lowest BCUT2D eigenvalue weighted by molar-refractivity contribution is -0.141. The normalized spacial score (nSPS) is 13.2. The quantitative estimate of drug-likeness (QED) is 0.898. The Labute approximate surface area is 110 Å². The van der Waals surface area contributed by atoms with Crippen LogP contribution in [0.5, 0.6) is 0 Å². The van der Waals surface area contributed by atoms with Gasteiger partial charge in [-0.1, -0.05) is 25.3 Å². The molecule has 1 N–H and O–H groups in total. The average Bonchev–Trinajstić information content (AvgIpc) is 2.74. The van der Waals surface area contributed by atoms with E-state index < -0.39 is 12.0 Å². The highest BCUT2D eigenvalue weighted by molar-refractivity contribution is 7.08. The van der Waals surface area contributed by atoms with Gasteiger partial charge in [0, 0.05) is 12.5 Å². The minimum Gasteiger partial charge on any atom is -0.480 e. The number of rotatable bonds is 3. The largest absolute Gasteiger partial charge is 0.480 e. The standard InChI is InChI=1S/C11H17N3O3S/c1-6(10(16)17)14(5)9(15)7-8(11(2,3)4)12-13-18-7/h6H,1-5H3,(H,16,17). The summed E-state index contributed by atoms with van der Waals surface area (Å²) in [6, 6.07) is -0.882. The van der Waals surface area contributed by atoms with Gasteiger partial charge in [0.25, 0.3) is 5.91 Å². The van der Waals surface area contributed by atoms with Crippen LogP contribution in [0, 0.1) is 0 Å². The number of likely N-dealkylation sites (N-methyl/N-ethyl adjacent to an activating group) is 1. The van der Waals surface area contributed by atoms with Gasteiger partial charge in [0.15, 0.2) is 0 Å². The summed E-state index contributed by atoms with van der Waals surface area (Å²) in [6.07, 6.45) is 0. The number of hydrogen-bond acceptors (Lipinski definition) is 5. The second-order valence-corrected chi connectivity index (χ2v) is 5.89. The molecular formula is C11H17N3O3S. The van der Waals surface area contributed by atoms with Gasteiger partial charge in [-0.25, -0.2) is 4.79 Å². The van der Waals surface area contributed by atoms with E-state index in [4.69, 9.17) is 5.11 Å². The van der Waals surface area contributed by atoms with Crippen molar-refractivity contribution in [1.82, 2.24) is 14.5 Å². The van der Waals surface area contributed by atoms with Gasteiger partial charge in [0.1, 0.15) is 10.9 Å². The molecule has 0 fully saturated rings. The van der Waals surface area contributed by atoms with Crippen molar-refractivity contribution in [2.45, 2.75) is 39.2 Å². The van der Waals surface area contributed by atoms with E-state index in [1.807, 2.05) is 20.8 Å². The third-order valence-electron chi connectivity index (χ3n) is 2.65. The van der Waals surface area contributed by atoms with E-state index in [1.165, 1.54) is 18.9 Å². The molecule has 6 nitrogen and oxygen atoms in total. The van der Waals surface area contributed by atoms with Gasteiger partial charge in [0.2, 0.25) is 0 Å². The lowest BCUT2D eigenvalue weighted by Crippen LogP contribution is -2.40. The zero-order valence-electron chi connectivity index (χ0n) is 11.1. The fourth-order valence-electron chi connectivity index (χ4n) is 1.32.